The molecule has 0 bridgehead atoms. The smallest absolute Gasteiger partial charge is 0.151 e. The second-order valence-corrected chi connectivity index (χ2v) is 3.58. The summed E-state index contributed by atoms with van der Waals surface area (Å²) in [5, 5.41) is 9.62. The van der Waals surface area contributed by atoms with Gasteiger partial charge in [-0.3, -0.25) is 0 Å². The molecule has 1 aromatic carbocycles. The van der Waals surface area contributed by atoms with Gasteiger partial charge in [0.2, 0.25) is 0 Å². The highest BCUT2D eigenvalue weighted by Gasteiger charge is 2.16. The minimum absolute atomic E-state index is 0.137. The van der Waals surface area contributed by atoms with E-state index in [-0.39, 0.29) is 6.23 Å². The summed E-state index contributed by atoms with van der Waals surface area (Å²) < 4.78 is 5.66. The molecule has 0 spiro atoms. The van der Waals surface area contributed by atoms with Crippen molar-refractivity contribution in [2.24, 2.45) is 0 Å². The molecule has 2 atom stereocenters. The summed E-state index contributed by atoms with van der Waals surface area (Å²) in [4.78, 5) is 1.80. The molecule has 0 aromatic heterocycles. The van der Waals surface area contributed by atoms with Crippen molar-refractivity contribution in [2.75, 3.05) is 7.05 Å². The molecule has 0 aliphatic rings. The normalized spacial score (nSPS) is 15.0. The maximum Gasteiger partial charge on any atom is 0.151 e. The zero-order valence-electron chi connectivity index (χ0n) is 9.55. The van der Waals surface area contributed by atoms with Gasteiger partial charge in [0.25, 0.3) is 0 Å². The van der Waals surface area contributed by atoms with Gasteiger partial charge in [-0.05, 0) is 32.5 Å². The van der Waals surface area contributed by atoms with Crippen LogP contribution in [-0.2, 0) is 0 Å². The molecular weight excluding hydrogens is 190 g/mol. The first-order chi connectivity index (χ1) is 7.15. The van der Waals surface area contributed by atoms with E-state index >= 15 is 0 Å². The monoisotopic (exact) mass is 209 g/mol. The highest BCUT2D eigenvalue weighted by atomic mass is 16.5. The molecule has 1 rings (SSSR count). The van der Waals surface area contributed by atoms with Gasteiger partial charge in [0.1, 0.15) is 12.0 Å². The van der Waals surface area contributed by atoms with Crippen LogP contribution in [0, 0.1) is 0 Å². The molecule has 0 aliphatic carbocycles. The summed E-state index contributed by atoms with van der Waals surface area (Å²) in [6, 6.07) is 9.62. The maximum absolute atomic E-state index is 9.62. The molecule has 84 valence electrons. The van der Waals surface area contributed by atoms with Crippen LogP contribution in [-0.4, -0.2) is 29.5 Å². The average Bonchev–Trinajstić information content (AvgIpc) is 2.28. The number of nitrogens with zero attached hydrogens (tertiary/aromatic N) is 1. The fraction of sp³-hybridized carbons (Fsp3) is 0.500. The molecule has 3 heteroatoms. The molecule has 0 fully saturated rings. The van der Waals surface area contributed by atoms with Crippen LogP contribution in [0.5, 0.6) is 5.75 Å². The van der Waals surface area contributed by atoms with Crippen molar-refractivity contribution in [3.05, 3.63) is 30.3 Å². The van der Waals surface area contributed by atoms with E-state index in [2.05, 4.69) is 0 Å². The molecule has 1 aromatic rings. The van der Waals surface area contributed by atoms with Crippen LogP contribution >= 0.6 is 0 Å². The predicted molar refractivity (Wildman–Crippen MR) is 60.6 cm³/mol. The molecule has 0 aliphatic heterocycles. The Morgan fingerprint density at radius 2 is 1.93 bits per heavy atom. The Kier molecular flexibility index (Phi) is 4.59. The Labute approximate surface area is 91.3 Å². The Morgan fingerprint density at radius 3 is 2.47 bits per heavy atom. The molecule has 0 saturated carbocycles. The molecule has 2 unspecified atom stereocenters. The zero-order chi connectivity index (χ0) is 11.3. The van der Waals surface area contributed by atoms with Crippen LogP contribution in [0.3, 0.4) is 0 Å². The standard InChI is InChI=1S/C12H19NO2/c1-4-12(14)13(3)10(2)15-11-8-6-5-7-9-11/h5-10,12,14H,4H2,1-3H3. The third kappa shape index (κ3) is 3.53. The Hall–Kier alpha value is -1.06. The Bertz CT molecular complexity index is 276. The van der Waals surface area contributed by atoms with Crippen molar-refractivity contribution in [1.82, 2.24) is 4.90 Å². The summed E-state index contributed by atoms with van der Waals surface area (Å²) in [6.45, 7) is 3.86. The lowest BCUT2D eigenvalue weighted by Gasteiger charge is -2.29. The van der Waals surface area contributed by atoms with Crippen LogP contribution in [0.25, 0.3) is 0 Å². The van der Waals surface area contributed by atoms with Crippen molar-refractivity contribution in [3.63, 3.8) is 0 Å². The number of hydrogen-bond donors (Lipinski definition) is 1. The first-order valence-corrected chi connectivity index (χ1v) is 5.27. The lowest BCUT2D eigenvalue weighted by molar-refractivity contribution is -0.0656. The number of aliphatic hydroxyl groups is 1. The SMILES string of the molecule is CCC(O)N(C)C(C)Oc1ccccc1. The number of hydrogen-bond acceptors (Lipinski definition) is 3. The Balaban J connectivity index is 2.52. The highest BCUT2D eigenvalue weighted by Crippen LogP contribution is 2.13. The summed E-state index contributed by atoms with van der Waals surface area (Å²) in [7, 11) is 1.85. The van der Waals surface area contributed by atoms with Crippen molar-refractivity contribution < 1.29 is 9.84 Å². The van der Waals surface area contributed by atoms with Gasteiger partial charge < -0.3 is 9.84 Å². The van der Waals surface area contributed by atoms with Crippen LogP contribution in [0.1, 0.15) is 20.3 Å². The number of ether oxygens (including phenoxy) is 1. The minimum atomic E-state index is -0.455. The van der Waals surface area contributed by atoms with Gasteiger partial charge in [0, 0.05) is 0 Å². The van der Waals surface area contributed by atoms with Crippen LogP contribution in [0.2, 0.25) is 0 Å². The van der Waals surface area contributed by atoms with Gasteiger partial charge in [0.05, 0.1) is 0 Å². The summed E-state index contributed by atoms with van der Waals surface area (Å²) in [5.41, 5.74) is 0. The molecule has 0 radical (unpaired) electrons. The molecule has 15 heavy (non-hydrogen) atoms. The molecule has 0 amide bonds. The van der Waals surface area contributed by atoms with E-state index in [1.165, 1.54) is 0 Å². The minimum Gasteiger partial charge on any atom is -0.475 e. The van der Waals surface area contributed by atoms with E-state index in [4.69, 9.17) is 4.74 Å². The second kappa shape index (κ2) is 5.73. The van der Waals surface area contributed by atoms with Gasteiger partial charge in [-0.1, -0.05) is 25.1 Å². The second-order valence-electron chi connectivity index (χ2n) is 3.58. The average molecular weight is 209 g/mol. The molecule has 3 nitrogen and oxygen atoms in total. The molecule has 1 N–H and O–H groups in total. The van der Waals surface area contributed by atoms with E-state index in [0.29, 0.717) is 6.42 Å². The Morgan fingerprint density at radius 1 is 1.33 bits per heavy atom. The first kappa shape index (κ1) is 12.0. The number of aliphatic hydroxyl groups excluding tert-OH is 1. The number of rotatable bonds is 5. The van der Waals surface area contributed by atoms with Crippen molar-refractivity contribution in [1.29, 1.82) is 0 Å². The van der Waals surface area contributed by atoms with E-state index in [0.717, 1.165) is 5.75 Å². The van der Waals surface area contributed by atoms with Gasteiger partial charge in [0.15, 0.2) is 6.23 Å². The van der Waals surface area contributed by atoms with Crippen molar-refractivity contribution in [3.8, 4) is 5.75 Å². The predicted octanol–water partition coefficient (Wildman–Crippen LogP) is 2.07. The largest absolute Gasteiger partial charge is 0.475 e. The fourth-order valence-corrected chi connectivity index (χ4v) is 1.31. The molecule has 0 saturated heterocycles. The number of benzene rings is 1. The highest BCUT2D eigenvalue weighted by molar-refractivity contribution is 5.21. The third-order valence-corrected chi connectivity index (χ3v) is 2.46. The van der Waals surface area contributed by atoms with Gasteiger partial charge in [-0.15, -0.1) is 0 Å². The van der Waals surface area contributed by atoms with Crippen molar-refractivity contribution >= 4 is 0 Å². The quantitative estimate of drug-likeness (QED) is 0.753. The van der Waals surface area contributed by atoms with Crippen LogP contribution < -0.4 is 4.74 Å². The maximum atomic E-state index is 9.62. The van der Waals surface area contributed by atoms with E-state index in [1.54, 1.807) is 4.90 Å². The third-order valence-electron chi connectivity index (χ3n) is 2.46. The lowest BCUT2D eigenvalue weighted by Crippen LogP contribution is -2.41. The summed E-state index contributed by atoms with van der Waals surface area (Å²) in [6.07, 6.45) is 0.102. The van der Waals surface area contributed by atoms with Crippen LogP contribution in [0.4, 0.5) is 0 Å². The molecular formula is C12H19NO2. The van der Waals surface area contributed by atoms with Gasteiger partial charge in [-0.2, -0.15) is 0 Å². The molecule has 0 heterocycles. The summed E-state index contributed by atoms with van der Waals surface area (Å²) >= 11 is 0. The van der Waals surface area contributed by atoms with E-state index in [1.807, 2.05) is 51.2 Å². The van der Waals surface area contributed by atoms with Crippen LogP contribution in [0.15, 0.2) is 30.3 Å². The van der Waals surface area contributed by atoms with Gasteiger partial charge >= 0.3 is 0 Å². The van der Waals surface area contributed by atoms with Gasteiger partial charge in [-0.25, -0.2) is 4.90 Å². The van der Waals surface area contributed by atoms with E-state index < -0.39 is 6.23 Å². The first-order valence-electron chi connectivity index (χ1n) is 5.27. The zero-order valence-corrected chi connectivity index (χ0v) is 9.55. The lowest BCUT2D eigenvalue weighted by atomic mass is 10.3. The van der Waals surface area contributed by atoms with E-state index in [9.17, 15) is 5.11 Å². The number of para-hydroxylation sites is 1. The van der Waals surface area contributed by atoms with Crippen molar-refractivity contribution in [2.45, 2.75) is 32.7 Å². The topological polar surface area (TPSA) is 32.7 Å². The summed E-state index contributed by atoms with van der Waals surface area (Å²) in [5.74, 6) is 0.820. The fourth-order valence-electron chi connectivity index (χ4n) is 1.31.